The average molecular weight is 380 g/mol. The molecule has 1 N–H and O–H groups in total. The van der Waals surface area contributed by atoms with Gasteiger partial charge in [-0.1, -0.05) is 0 Å². The first-order valence-corrected chi connectivity index (χ1v) is 9.43. The lowest BCUT2D eigenvalue weighted by Gasteiger charge is -2.21. The number of anilines is 2. The number of carbonyl (C=O) groups excluding carboxylic acids is 1. The van der Waals surface area contributed by atoms with Gasteiger partial charge in [0.2, 0.25) is 0 Å². The van der Waals surface area contributed by atoms with Crippen molar-refractivity contribution >= 4 is 17.3 Å². The Morgan fingerprint density at radius 1 is 1.04 bits per heavy atom. The minimum absolute atomic E-state index is 0.209. The lowest BCUT2D eigenvalue weighted by Crippen LogP contribution is -2.21. The van der Waals surface area contributed by atoms with Gasteiger partial charge in [0.15, 0.2) is 0 Å². The first kappa shape index (κ1) is 19.6. The Balaban J connectivity index is 1.82. The molecule has 1 heterocycles. The van der Waals surface area contributed by atoms with E-state index >= 15 is 0 Å². The maximum atomic E-state index is 13.2. The summed E-state index contributed by atoms with van der Waals surface area (Å²) in [6.07, 6.45) is 0. The van der Waals surface area contributed by atoms with Gasteiger partial charge in [-0.2, -0.15) is 5.10 Å². The fraction of sp³-hybridized carbons (Fsp3) is 0.273. The highest BCUT2D eigenvalue weighted by molar-refractivity contribution is 6.06. The summed E-state index contributed by atoms with van der Waals surface area (Å²) in [5, 5.41) is 7.40. The average Bonchev–Trinajstić information content (AvgIpc) is 2.99. The summed E-state index contributed by atoms with van der Waals surface area (Å²) in [6.45, 7) is 9.73. The summed E-state index contributed by atoms with van der Waals surface area (Å²) >= 11 is 0. The number of amides is 1. The molecule has 146 valence electrons. The van der Waals surface area contributed by atoms with Crippen LogP contribution < -0.4 is 10.2 Å². The van der Waals surface area contributed by atoms with Crippen LogP contribution >= 0.6 is 0 Å². The molecule has 1 amide bonds. The van der Waals surface area contributed by atoms with E-state index in [-0.39, 0.29) is 11.7 Å². The van der Waals surface area contributed by atoms with Crippen LogP contribution in [-0.2, 0) is 0 Å². The van der Waals surface area contributed by atoms with Gasteiger partial charge in [0.1, 0.15) is 5.82 Å². The number of aromatic nitrogens is 2. The SMILES string of the molecule is CCN(CC)c1ccc(NC(=O)c2c(C)nn(-c3ccc(F)cc3)c2C)cc1. The van der Waals surface area contributed by atoms with Crippen molar-refractivity contribution < 1.29 is 9.18 Å². The molecule has 3 aromatic rings. The van der Waals surface area contributed by atoms with E-state index in [0.717, 1.165) is 24.5 Å². The third-order valence-corrected chi connectivity index (χ3v) is 4.84. The lowest BCUT2D eigenvalue weighted by atomic mass is 10.1. The zero-order valence-corrected chi connectivity index (χ0v) is 16.7. The van der Waals surface area contributed by atoms with Crippen LogP contribution in [-0.4, -0.2) is 28.8 Å². The van der Waals surface area contributed by atoms with E-state index in [2.05, 4.69) is 29.2 Å². The molecular formula is C22H25FN4O. The first-order chi connectivity index (χ1) is 13.4. The van der Waals surface area contributed by atoms with Gasteiger partial charge in [0.05, 0.1) is 22.6 Å². The van der Waals surface area contributed by atoms with Crippen LogP contribution in [0.5, 0.6) is 0 Å². The van der Waals surface area contributed by atoms with Gasteiger partial charge < -0.3 is 10.2 Å². The number of aryl methyl sites for hydroxylation is 1. The maximum Gasteiger partial charge on any atom is 0.259 e. The molecule has 0 aliphatic carbocycles. The van der Waals surface area contributed by atoms with Crippen molar-refractivity contribution in [2.24, 2.45) is 0 Å². The molecule has 0 aliphatic heterocycles. The first-order valence-electron chi connectivity index (χ1n) is 9.43. The molecule has 6 heteroatoms. The van der Waals surface area contributed by atoms with Crippen LogP contribution in [0.25, 0.3) is 5.69 Å². The second-order valence-electron chi connectivity index (χ2n) is 6.61. The van der Waals surface area contributed by atoms with Crippen molar-refractivity contribution in [2.45, 2.75) is 27.7 Å². The molecule has 1 aromatic heterocycles. The maximum absolute atomic E-state index is 13.2. The van der Waals surface area contributed by atoms with Crippen LogP contribution in [0, 0.1) is 19.7 Å². The van der Waals surface area contributed by atoms with Gasteiger partial charge in [-0.25, -0.2) is 9.07 Å². The molecular weight excluding hydrogens is 355 g/mol. The number of hydrogen-bond acceptors (Lipinski definition) is 3. The molecule has 0 saturated carbocycles. The number of halogens is 1. The minimum atomic E-state index is -0.309. The van der Waals surface area contributed by atoms with E-state index in [1.165, 1.54) is 12.1 Å². The summed E-state index contributed by atoms with van der Waals surface area (Å²) in [7, 11) is 0. The van der Waals surface area contributed by atoms with Crippen LogP contribution in [0.3, 0.4) is 0 Å². The molecule has 3 rings (SSSR count). The Morgan fingerprint density at radius 2 is 1.64 bits per heavy atom. The number of carbonyl (C=O) groups is 1. The second-order valence-corrected chi connectivity index (χ2v) is 6.61. The molecule has 0 atom stereocenters. The molecule has 0 radical (unpaired) electrons. The third-order valence-electron chi connectivity index (χ3n) is 4.84. The summed E-state index contributed by atoms with van der Waals surface area (Å²) in [4.78, 5) is 15.1. The smallest absolute Gasteiger partial charge is 0.259 e. The standard InChI is InChI=1S/C22H25FN4O/c1-5-26(6-2)19-13-9-18(10-14-19)24-22(28)21-15(3)25-27(16(21)4)20-11-7-17(23)8-12-20/h7-14H,5-6H2,1-4H3,(H,24,28). The summed E-state index contributed by atoms with van der Waals surface area (Å²) < 4.78 is 14.8. The largest absolute Gasteiger partial charge is 0.372 e. The van der Waals surface area contributed by atoms with E-state index in [1.54, 1.807) is 23.7 Å². The number of nitrogens with zero attached hydrogens (tertiary/aromatic N) is 3. The highest BCUT2D eigenvalue weighted by Gasteiger charge is 2.19. The van der Waals surface area contributed by atoms with Gasteiger partial charge in [-0.3, -0.25) is 4.79 Å². The van der Waals surface area contributed by atoms with Crippen molar-refractivity contribution in [1.82, 2.24) is 9.78 Å². The monoisotopic (exact) mass is 380 g/mol. The minimum Gasteiger partial charge on any atom is -0.372 e. The van der Waals surface area contributed by atoms with Crippen LogP contribution in [0.2, 0.25) is 0 Å². The zero-order chi connectivity index (χ0) is 20.3. The van der Waals surface area contributed by atoms with E-state index in [0.29, 0.717) is 22.6 Å². The molecule has 0 bridgehead atoms. The normalized spacial score (nSPS) is 10.8. The molecule has 28 heavy (non-hydrogen) atoms. The predicted molar refractivity (Wildman–Crippen MR) is 111 cm³/mol. The van der Waals surface area contributed by atoms with Crippen LogP contribution in [0.1, 0.15) is 35.6 Å². The number of nitrogens with one attached hydrogen (secondary N) is 1. The predicted octanol–water partition coefficient (Wildman–Crippen LogP) is 4.73. The number of hydrogen-bond donors (Lipinski definition) is 1. The Kier molecular flexibility index (Phi) is 5.78. The molecule has 5 nitrogen and oxygen atoms in total. The summed E-state index contributed by atoms with van der Waals surface area (Å²) in [5.41, 5.74) is 4.43. The van der Waals surface area contributed by atoms with Gasteiger partial charge >= 0.3 is 0 Å². The van der Waals surface area contributed by atoms with Crippen molar-refractivity contribution in [2.75, 3.05) is 23.3 Å². The molecule has 0 unspecified atom stereocenters. The van der Waals surface area contributed by atoms with Crippen molar-refractivity contribution in [3.05, 3.63) is 71.3 Å². The Morgan fingerprint density at radius 3 is 2.21 bits per heavy atom. The quantitative estimate of drug-likeness (QED) is 0.673. The van der Waals surface area contributed by atoms with E-state index < -0.39 is 0 Å². The fourth-order valence-electron chi connectivity index (χ4n) is 3.34. The Bertz CT molecular complexity index is 957. The highest BCUT2D eigenvalue weighted by Crippen LogP contribution is 2.22. The van der Waals surface area contributed by atoms with Gasteiger partial charge in [-0.15, -0.1) is 0 Å². The molecule has 0 fully saturated rings. The fourth-order valence-corrected chi connectivity index (χ4v) is 3.34. The van der Waals surface area contributed by atoms with Crippen LogP contribution in [0.4, 0.5) is 15.8 Å². The van der Waals surface area contributed by atoms with Gasteiger partial charge in [-0.05, 0) is 76.2 Å². The van der Waals surface area contributed by atoms with Gasteiger partial charge in [0, 0.05) is 24.5 Å². The zero-order valence-electron chi connectivity index (χ0n) is 16.7. The molecule has 0 saturated heterocycles. The van der Waals surface area contributed by atoms with Gasteiger partial charge in [0.25, 0.3) is 5.91 Å². The Labute approximate surface area is 164 Å². The topological polar surface area (TPSA) is 50.2 Å². The van der Waals surface area contributed by atoms with E-state index in [1.807, 2.05) is 31.2 Å². The lowest BCUT2D eigenvalue weighted by molar-refractivity contribution is 0.102. The van der Waals surface area contributed by atoms with E-state index in [9.17, 15) is 9.18 Å². The van der Waals surface area contributed by atoms with Crippen molar-refractivity contribution in [1.29, 1.82) is 0 Å². The highest BCUT2D eigenvalue weighted by atomic mass is 19.1. The summed E-state index contributed by atoms with van der Waals surface area (Å²) in [6, 6.07) is 13.9. The van der Waals surface area contributed by atoms with Crippen LogP contribution in [0.15, 0.2) is 48.5 Å². The Hall–Kier alpha value is -3.15. The molecule has 2 aromatic carbocycles. The van der Waals surface area contributed by atoms with E-state index in [4.69, 9.17) is 0 Å². The molecule has 0 aliphatic rings. The third kappa shape index (κ3) is 3.91. The molecule has 0 spiro atoms. The summed E-state index contributed by atoms with van der Waals surface area (Å²) in [5.74, 6) is -0.518. The number of benzene rings is 2. The second kappa shape index (κ2) is 8.25. The number of rotatable bonds is 6. The van der Waals surface area contributed by atoms with Crippen molar-refractivity contribution in [3.63, 3.8) is 0 Å². The van der Waals surface area contributed by atoms with Crippen molar-refractivity contribution in [3.8, 4) is 5.69 Å².